The van der Waals surface area contributed by atoms with E-state index in [1.165, 1.54) is 25.7 Å². The molecule has 11 heavy (non-hydrogen) atoms. The molecule has 2 N–H and O–H groups in total. The molecule has 0 spiro atoms. The van der Waals surface area contributed by atoms with Gasteiger partial charge in [-0.05, 0) is 37.5 Å². The van der Waals surface area contributed by atoms with Crippen molar-refractivity contribution in [2.24, 2.45) is 17.6 Å². The summed E-state index contributed by atoms with van der Waals surface area (Å²) in [6.07, 6.45) is 6.95. The monoisotopic (exact) mass is 151 g/mol. The van der Waals surface area contributed by atoms with Gasteiger partial charge in [-0.1, -0.05) is 12.7 Å². The van der Waals surface area contributed by atoms with Crippen LogP contribution in [0.3, 0.4) is 0 Å². The Morgan fingerprint density at radius 3 is 2.18 bits per heavy atom. The second-order valence-electron chi connectivity index (χ2n) is 3.42. The average Bonchev–Trinajstić information content (AvgIpc) is 2.05. The highest BCUT2D eigenvalue weighted by Gasteiger charge is 2.19. The third-order valence-corrected chi connectivity index (χ3v) is 2.63. The molecule has 0 atom stereocenters. The van der Waals surface area contributed by atoms with Crippen molar-refractivity contribution in [2.75, 3.05) is 0 Å². The Balaban J connectivity index is 2.35. The molecule has 0 unspecified atom stereocenters. The summed E-state index contributed by atoms with van der Waals surface area (Å²) in [5, 5.41) is 0. The van der Waals surface area contributed by atoms with Gasteiger partial charge in [0.25, 0.3) is 0 Å². The summed E-state index contributed by atoms with van der Waals surface area (Å²) in [5.41, 5.74) is 6.50. The SMILES string of the molecule is C=CC1CCC(C(=C)N)CC1. The molecular formula is C10H17N. The van der Waals surface area contributed by atoms with Gasteiger partial charge in [0.15, 0.2) is 0 Å². The van der Waals surface area contributed by atoms with E-state index < -0.39 is 0 Å². The minimum atomic E-state index is 0.575. The third kappa shape index (κ3) is 2.11. The summed E-state index contributed by atoms with van der Waals surface area (Å²) in [7, 11) is 0. The summed E-state index contributed by atoms with van der Waals surface area (Å²) >= 11 is 0. The van der Waals surface area contributed by atoms with Crippen LogP contribution >= 0.6 is 0 Å². The molecule has 0 radical (unpaired) electrons. The summed E-state index contributed by atoms with van der Waals surface area (Å²) in [6.45, 7) is 7.58. The van der Waals surface area contributed by atoms with Crippen LogP contribution in [0.15, 0.2) is 24.9 Å². The van der Waals surface area contributed by atoms with Gasteiger partial charge in [0, 0.05) is 5.70 Å². The fraction of sp³-hybridized carbons (Fsp3) is 0.600. The zero-order valence-corrected chi connectivity index (χ0v) is 7.05. The van der Waals surface area contributed by atoms with E-state index >= 15 is 0 Å². The number of allylic oxidation sites excluding steroid dienone is 2. The van der Waals surface area contributed by atoms with Crippen molar-refractivity contribution in [1.82, 2.24) is 0 Å². The molecule has 0 aromatic heterocycles. The minimum absolute atomic E-state index is 0.575. The molecule has 0 aliphatic heterocycles. The predicted molar refractivity (Wildman–Crippen MR) is 49.0 cm³/mol. The molecule has 1 aliphatic rings. The lowest BCUT2D eigenvalue weighted by Crippen LogP contribution is -2.18. The van der Waals surface area contributed by atoms with Gasteiger partial charge in [-0.25, -0.2) is 0 Å². The average molecular weight is 151 g/mol. The Morgan fingerprint density at radius 2 is 1.82 bits per heavy atom. The van der Waals surface area contributed by atoms with Gasteiger partial charge < -0.3 is 5.73 Å². The van der Waals surface area contributed by atoms with Crippen molar-refractivity contribution < 1.29 is 0 Å². The largest absolute Gasteiger partial charge is 0.402 e. The fourth-order valence-electron chi connectivity index (χ4n) is 1.73. The van der Waals surface area contributed by atoms with Crippen LogP contribution in [-0.4, -0.2) is 0 Å². The lowest BCUT2D eigenvalue weighted by Gasteiger charge is -2.26. The van der Waals surface area contributed by atoms with Crippen LogP contribution < -0.4 is 5.73 Å². The van der Waals surface area contributed by atoms with Crippen LogP contribution in [-0.2, 0) is 0 Å². The van der Waals surface area contributed by atoms with E-state index in [1.807, 2.05) is 0 Å². The molecule has 0 heterocycles. The quantitative estimate of drug-likeness (QED) is 0.603. The van der Waals surface area contributed by atoms with Crippen LogP contribution in [0.2, 0.25) is 0 Å². The number of hydrogen-bond acceptors (Lipinski definition) is 1. The zero-order chi connectivity index (χ0) is 8.27. The molecule has 1 fully saturated rings. The molecule has 1 nitrogen and oxygen atoms in total. The highest BCUT2D eigenvalue weighted by molar-refractivity contribution is 4.98. The first kappa shape index (κ1) is 8.38. The number of hydrogen-bond donors (Lipinski definition) is 1. The summed E-state index contributed by atoms with van der Waals surface area (Å²) < 4.78 is 0. The second kappa shape index (κ2) is 3.61. The first-order chi connectivity index (χ1) is 5.24. The Labute approximate surface area is 69.0 Å². The molecule has 0 aromatic carbocycles. The Morgan fingerprint density at radius 1 is 1.27 bits per heavy atom. The topological polar surface area (TPSA) is 26.0 Å². The molecule has 0 bridgehead atoms. The Hall–Kier alpha value is -0.720. The zero-order valence-electron chi connectivity index (χ0n) is 7.05. The van der Waals surface area contributed by atoms with Crippen molar-refractivity contribution in [3.63, 3.8) is 0 Å². The maximum absolute atomic E-state index is 5.63. The summed E-state index contributed by atoms with van der Waals surface area (Å²) in [6, 6.07) is 0. The first-order valence-electron chi connectivity index (χ1n) is 4.31. The summed E-state index contributed by atoms with van der Waals surface area (Å²) in [4.78, 5) is 0. The minimum Gasteiger partial charge on any atom is -0.402 e. The standard InChI is InChI=1S/C10H17N/c1-3-9-4-6-10(7-5-9)8(2)11/h3,9-10H,1-2,4-7,11H2. The number of nitrogens with two attached hydrogens (primary N) is 1. The molecule has 1 rings (SSSR count). The number of rotatable bonds is 2. The summed E-state index contributed by atoms with van der Waals surface area (Å²) in [5.74, 6) is 1.30. The normalized spacial score (nSPS) is 31.3. The van der Waals surface area contributed by atoms with Gasteiger partial charge in [-0.2, -0.15) is 0 Å². The third-order valence-electron chi connectivity index (χ3n) is 2.63. The van der Waals surface area contributed by atoms with Crippen LogP contribution in [0.25, 0.3) is 0 Å². The van der Waals surface area contributed by atoms with Gasteiger partial charge in [-0.15, -0.1) is 6.58 Å². The van der Waals surface area contributed by atoms with Gasteiger partial charge in [0.1, 0.15) is 0 Å². The van der Waals surface area contributed by atoms with Crippen molar-refractivity contribution in [3.8, 4) is 0 Å². The second-order valence-corrected chi connectivity index (χ2v) is 3.42. The molecule has 0 amide bonds. The van der Waals surface area contributed by atoms with Gasteiger partial charge in [0.05, 0.1) is 0 Å². The molecule has 0 saturated heterocycles. The maximum Gasteiger partial charge on any atom is 0.00390 e. The lowest BCUT2D eigenvalue weighted by atomic mass is 9.81. The van der Waals surface area contributed by atoms with Crippen LogP contribution in [0.5, 0.6) is 0 Å². The van der Waals surface area contributed by atoms with Crippen molar-refractivity contribution in [1.29, 1.82) is 0 Å². The van der Waals surface area contributed by atoms with Crippen molar-refractivity contribution in [3.05, 3.63) is 24.9 Å². The van der Waals surface area contributed by atoms with Gasteiger partial charge >= 0.3 is 0 Å². The van der Waals surface area contributed by atoms with E-state index in [4.69, 9.17) is 5.73 Å². The van der Waals surface area contributed by atoms with E-state index in [2.05, 4.69) is 19.2 Å². The highest BCUT2D eigenvalue weighted by Crippen LogP contribution is 2.31. The van der Waals surface area contributed by atoms with Crippen LogP contribution in [0, 0.1) is 11.8 Å². The lowest BCUT2D eigenvalue weighted by molar-refractivity contribution is 0.343. The highest BCUT2D eigenvalue weighted by atomic mass is 14.6. The predicted octanol–water partition coefficient (Wildman–Crippen LogP) is 2.45. The molecule has 1 aliphatic carbocycles. The fourth-order valence-corrected chi connectivity index (χ4v) is 1.73. The van der Waals surface area contributed by atoms with Crippen molar-refractivity contribution >= 4 is 0 Å². The van der Waals surface area contributed by atoms with Crippen LogP contribution in [0.1, 0.15) is 25.7 Å². The van der Waals surface area contributed by atoms with E-state index in [1.54, 1.807) is 0 Å². The van der Waals surface area contributed by atoms with E-state index in [9.17, 15) is 0 Å². The maximum atomic E-state index is 5.63. The molecule has 62 valence electrons. The Bertz CT molecular complexity index is 152. The molecule has 1 heteroatoms. The van der Waals surface area contributed by atoms with Gasteiger partial charge in [-0.3, -0.25) is 0 Å². The van der Waals surface area contributed by atoms with E-state index in [-0.39, 0.29) is 0 Å². The first-order valence-corrected chi connectivity index (χ1v) is 4.31. The van der Waals surface area contributed by atoms with Gasteiger partial charge in [0.2, 0.25) is 0 Å². The van der Waals surface area contributed by atoms with Crippen LogP contribution in [0.4, 0.5) is 0 Å². The van der Waals surface area contributed by atoms with E-state index in [0.29, 0.717) is 5.92 Å². The Kier molecular flexibility index (Phi) is 2.75. The molecule has 1 saturated carbocycles. The van der Waals surface area contributed by atoms with E-state index in [0.717, 1.165) is 11.6 Å². The van der Waals surface area contributed by atoms with Crippen molar-refractivity contribution in [2.45, 2.75) is 25.7 Å². The molecular weight excluding hydrogens is 134 g/mol. The molecule has 0 aromatic rings. The smallest absolute Gasteiger partial charge is 0.00390 e.